The number of anilines is 1. The Kier molecular flexibility index (Phi) is 5.76. The van der Waals surface area contributed by atoms with Crippen molar-refractivity contribution in [2.75, 3.05) is 31.5 Å². The molecule has 1 unspecified atom stereocenters. The average molecular weight is 289 g/mol. The zero-order chi connectivity index (χ0) is 15.2. The van der Waals surface area contributed by atoms with Crippen LogP contribution in [0.5, 0.6) is 0 Å². The third-order valence-corrected chi connectivity index (χ3v) is 4.36. The minimum absolute atomic E-state index is 0.0695. The number of nitrogens with zero attached hydrogens (tertiary/aromatic N) is 1. The minimum atomic E-state index is 0.0695. The Labute approximate surface area is 127 Å². The number of hydrogen-bond acceptors (Lipinski definition) is 3. The molecule has 4 nitrogen and oxygen atoms in total. The van der Waals surface area contributed by atoms with Crippen molar-refractivity contribution < 1.29 is 4.79 Å². The molecule has 1 saturated heterocycles. The molecule has 1 aromatic rings. The summed E-state index contributed by atoms with van der Waals surface area (Å²) in [5, 5.41) is 6.33. The minimum Gasteiger partial charge on any atom is -0.325 e. The molecule has 1 aliphatic rings. The van der Waals surface area contributed by atoms with E-state index in [1.54, 1.807) is 0 Å². The summed E-state index contributed by atoms with van der Waals surface area (Å²) in [6.07, 6.45) is 1.13. The van der Waals surface area contributed by atoms with Crippen molar-refractivity contribution in [2.45, 2.75) is 39.2 Å². The van der Waals surface area contributed by atoms with Crippen molar-refractivity contribution in [1.29, 1.82) is 0 Å². The molecule has 2 atom stereocenters. The summed E-state index contributed by atoms with van der Waals surface area (Å²) in [5.41, 5.74) is 2.21. The summed E-state index contributed by atoms with van der Waals surface area (Å²) in [5.74, 6) is 0.636. The van der Waals surface area contributed by atoms with Crippen molar-refractivity contribution in [3.8, 4) is 0 Å². The fourth-order valence-corrected chi connectivity index (χ4v) is 2.63. The highest BCUT2D eigenvalue weighted by Crippen LogP contribution is 2.20. The summed E-state index contributed by atoms with van der Waals surface area (Å²) in [4.78, 5) is 14.3. The first-order valence-electron chi connectivity index (χ1n) is 7.94. The predicted octanol–water partition coefficient (Wildman–Crippen LogP) is 2.43. The van der Waals surface area contributed by atoms with Crippen LogP contribution >= 0.6 is 0 Å². The molecule has 2 rings (SSSR count). The molecular weight excluding hydrogens is 262 g/mol. The van der Waals surface area contributed by atoms with E-state index in [0.717, 1.165) is 31.7 Å². The monoisotopic (exact) mass is 289 g/mol. The number of carbonyl (C=O) groups excluding carboxylic acids is 1. The summed E-state index contributed by atoms with van der Waals surface area (Å²) in [7, 11) is 0. The van der Waals surface area contributed by atoms with Gasteiger partial charge in [0, 0.05) is 31.4 Å². The van der Waals surface area contributed by atoms with E-state index in [0.29, 0.717) is 18.5 Å². The lowest BCUT2D eigenvalue weighted by atomic mass is 9.99. The third-order valence-electron chi connectivity index (χ3n) is 4.36. The van der Waals surface area contributed by atoms with Crippen LogP contribution in [-0.2, 0) is 4.79 Å². The van der Waals surface area contributed by atoms with Crippen LogP contribution in [0.15, 0.2) is 24.3 Å². The molecule has 4 heteroatoms. The smallest absolute Gasteiger partial charge is 0.238 e. The van der Waals surface area contributed by atoms with Crippen LogP contribution in [0.2, 0.25) is 0 Å². The molecule has 1 amide bonds. The quantitative estimate of drug-likeness (QED) is 0.875. The van der Waals surface area contributed by atoms with Crippen LogP contribution < -0.4 is 10.6 Å². The number of carbonyl (C=O) groups is 1. The highest BCUT2D eigenvalue weighted by atomic mass is 16.2. The fourth-order valence-electron chi connectivity index (χ4n) is 2.63. The molecule has 2 N–H and O–H groups in total. The Hall–Kier alpha value is -1.39. The van der Waals surface area contributed by atoms with E-state index < -0.39 is 0 Å². The fraction of sp³-hybridized carbons (Fsp3) is 0.588. The topological polar surface area (TPSA) is 44.4 Å². The Morgan fingerprint density at radius 2 is 2.14 bits per heavy atom. The molecule has 116 valence electrons. The van der Waals surface area contributed by atoms with Gasteiger partial charge in [0.05, 0.1) is 6.54 Å². The molecule has 1 aliphatic heterocycles. The van der Waals surface area contributed by atoms with Gasteiger partial charge in [-0.25, -0.2) is 0 Å². The van der Waals surface area contributed by atoms with Crippen molar-refractivity contribution >= 4 is 11.6 Å². The van der Waals surface area contributed by atoms with Gasteiger partial charge in [-0.2, -0.15) is 0 Å². The van der Waals surface area contributed by atoms with Gasteiger partial charge in [-0.3, -0.25) is 9.69 Å². The first kappa shape index (κ1) is 16.0. The van der Waals surface area contributed by atoms with Gasteiger partial charge in [-0.1, -0.05) is 26.0 Å². The van der Waals surface area contributed by atoms with Gasteiger partial charge >= 0.3 is 0 Å². The number of nitrogens with one attached hydrogen (secondary N) is 2. The van der Waals surface area contributed by atoms with Gasteiger partial charge in [0.25, 0.3) is 0 Å². The van der Waals surface area contributed by atoms with E-state index >= 15 is 0 Å². The van der Waals surface area contributed by atoms with Gasteiger partial charge in [-0.15, -0.1) is 0 Å². The molecule has 1 aromatic carbocycles. The molecule has 0 radical (unpaired) electrons. The molecule has 21 heavy (non-hydrogen) atoms. The average Bonchev–Trinajstić information content (AvgIpc) is 2.49. The number of benzene rings is 1. The lowest BCUT2D eigenvalue weighted by molar-refractivity contribution is -0.118. The van der Waals surface area contributed by atoms with E-state index in [1.807, 2.05) is 12.1 Å². The Morgan fingerprint density at radius 1 is 1.43 bits per heavy atom. The van der Waals surface area contributed by atoms with E-state index in [2.05, 4.69) is 48.4 Å². The summed E-state index contributed by atoms with van der Waals surface area (Å²) in [6, 6.07) is 8.63. The highest BCUT2D eigenvalue weighted by Gasteiger charge is 2.20. The molecular formula is C17H27N3O. The zero-order valence-electron chi connectivity index (χ0n) is 13.4. The molecule has 0 aromatic heterocycles. The second kappa shape index (κ2) is 7.57. The number of hydrogen-bond donors (Lipinski definition) is 2. The van der Waals surface area contributed by atoms with Gasteiger partial charge in [0.15, 0.2) is 0 Å². The number of amides is 1. The maximum absolute atomic E-state index is 12.1. The molecule has 0 spiro atoms. The van der Waals surface area contributed by atoms with Crippen LogP contribution in [0.4, 0.5) is 5.69 Å². The van der Waals surface area contributed by atoms with Gasteiger partial charge < -0.3 is 10.6 Å². The molecule has 0 saturated carbocycles. The van der Waals surface area contributed by atoms with Crippen molar-refractivity contribution in [3.63, 3.8) is 0 Å². The maximum atomic E-state index is 12.1. The second-order valence-corrected chi connectivity index (χ2v) is 6.00. The second-order valence-electron chi connectivity index (χ2n) is 6.00. The lowest BCUT2D eigenvalue weighted by Gasteiger charge is -2.33. The molecule has 1 fully saturated rings. The zero-order valence-corrected chi connectivity index (χ0v) is 13.4. The molecule has 0 bridgehead atoms. The third kappa shape index (κ3) is 4.55. The maximum Gasteiger partial charge on any atom is 0.238 e. The Balaban J connectivity index is 1.87. The predicted molar refractivity (Wildman–Crippen MR) is 87.7 cm³/mol. The highest BCUT2D eigenvalue weighted by molar-refractivity contribution is 5.92. The van der Waals surface area contributed by atoms with Crippen LogP contribution in [0, 0.1) is 0 Å². The standard InChI is InChI=1S/C17H27N3O/c1-4-13(2)15-5-7-16(8-6-15)19-17(21)12-20-10-9-18-11-14(20)3/h5-8,13-14,18H,4,9-12H2,1-3H3,(H,19,21)/t13?,14-/m1/s1. The summed E-state index contributed by atoms with van der Waals surface area (Å²) < 4.78 is 0. The van der Waals surface area contributed by atoms with Crippen molar-refractivity contribution in [1.82, 2.24) is 10.2 Å². The van der Waals surface area contributed by atoms with Crippen molar-refractivity contribution in [2.24, 2.45) is 0 Å². The van der Waals surface area contributed by atoms with E-state index in [-0.39, 0.29) is 5.91 Å². The van der Waals surface area contributed by atoms with Gasteiger partial charge in [0.2, 0.25) is 5.91 Å². The Morgan fingerprint density at radius 3 is 2.76 bits per heavy atom. The van der Waals surface area contributed by atoms with E-state index in [9.17, 15) is 4.79 Å². The number of piperazine rings is 1. The summed E-state index contributed by atoms with van der Waals surface area (Å²) in [6.45, 7) is 9.88. The summed E-state index contributed by atoms with van der Waals surface area (Å²) >= 11 is 0. The van der Waals surface area contributed by atoms with Gasteiger partial charge in [0.1, 0.15) is 0 Å². The van der Waals surface area contributed by atoms with Gasteiger partial charge in [-0.05, 0) is 37.0 Å². The van der Waals surface area contributed by atoms with E-state index in [4.69, 9.17) is 0 Å². The first-order chi connectivity index (χ1) is 10.1. The van der Waals surface area contributed by atoms with Crippen LogP contribution in [0.1, 0.15) is 38.7 Å². The van der Waals surface area contributed by atoms with Crippen molar-refractivity contribution in [3.05, 3.63) is 29.8 Å². The molecule has 0 aliphatic carbocycles. The first-order valence-corrected chi connectivity index (χ1v) is 7.94. The normalized spacial score (nSPS) is 21.0. The van der Waals surface area contributed by atoms with E-state index in [1.165, 1.54) is 5.56 Å². The van der Waals surface area contributed by atoms with Crippen LogP contribution in [0.25, 0.3) is 0 Å². The lowest BCUT2D eigenvalue weighted by Crippen LogP contribution is -2.51. The number of rotatable bonds is 5. The van der Waals surface area contributed by atoms with Crippen LogP contribution in [-0.4, -0.2) is 43.0 Å². The largest absolute Gasteiger partial charge is 0.325 e. The van der Waals surface area contributed by atoms with Crippen LogP contribution in [0.3, 0.4) is 0 Å². The Bertz CT molecular complexity index is 458. The SMILES string of the molecule is CCC(C)c1ccc(NC(=O)CN2CCNC[C@H]2C)cc1. The molecule has 1 heterocycles.